The van der Waals surface area contributed by atoms with Gasteiger partial charge in [-0.3, -0.25) is 4.79 Å². The number of aliphatic imine (C=N–C) groups is 1. The predicted octanol–water partition coefficient (Wildman–Crippen LogP) is 2.22. The Bertz CT molecular complexity index is 624. The van der Waals surface area contributed by atoms with Crippen molar-refractivity contribution >= 4 is 11.7 Å². The molecule has 0 saturated heterocycles. The summed E-state index contributed by atoms with van der Waals surface area (Å²) in [5.41, 5.74) is 3.59. The number of alkyl halides is 3. The third kappa shape index (κ3) is 3.64. The number of carbonyl (C=O) groups is 1. The minimum atomic E-state index is -4.54. The van der Waals surface area contributed by atoms with E-state index in [-0.39, 0.29) is 17.7 Å². The Balaban J connectivity index is 1.64. The maximum Gasteiger partial charge on any atom is 0.437 e. The first-order chi connectivity index (χ1) is 10.8. The number of hydrogen-bond donors (Lipinski definition) is 1. The average Bonchev–Trinajstić information content (AvgIpc) is 3.22. The van der Waals surface area contributed by atoms with Crippen LogP contribution in [0.5, 0.6) is 0 Å². The highest BCUT2D eigenvalue weighted by Gasteiger charge is 2.44. The van der Waals surface area contributed by atoms with Gasteiger partial charge in [0.05, 0.1) is 0 Å². The maximum absolute atomic E-state index is 12.5. The van der Waals surface area contributed by atoms with Gasteiger partial charge in [0.2, 0.25) is 5.91 Å². The van der Waals surface area contributed by atoms with Crippen LogP contribution in [0.25, 0.3) is 0 Å². The summed E-state index contributed by atoms with van der Waals surface area (Å²) < 4.78 is 37.5. The van der Waals surface area contributed by atoms with Crippen molar-refractivity contribution in [3.05, 3.63) is 35.4 Å². The van der Waals surface area contributed by atoms with Gasteiger partial charge in [0.25, 0.3) is 6.23 Å². The molecule has 0 spiro atoms. The number of carbonyl (C=O) groups excluding carboxylic acids is 1. The van der Waals surface area contributed by atoms with E-state index in [0.717, 1.165) is 18.4 Å². The standard InChI is InChI=1S/C15H16F3N3O2/c1-21(13(22)11-6-7-11)8-9-2-4-10(5-3-9)12-19-14(23-20-12)15(16,17)18/h2-5,11,14H,6-8H2,1H3,(H,19,20). The summed E-state index contributed by atoms with van der Waals surface area (Å²) in [6.45, 7) is 0.469. The van der Waals surface area contributed by atoms with Crippen LogP contribution >= 0.6 is 0 Å². The molecule has 1 aromatic carbocycles. The SMILES string of the molecule is CN(Cc1ccc(C2=NC(C(F)(F)F)ON2)cc1)C(=O)C1CC1. The van der Waals surface area contributed by atoms with Crippen molar-refractivity contribution in [3.8, 4) is 0 Å². The fourth-order valence-electron chi connectivity index (χ4n) is 2.32. The van der Waals surface area contributed by atoms with Crippen LogP contribution in [-0.4, -0.2) is 36.1 Å². The first-order valence-corrected chi connectivity index (χ1v) is 7.25. The van der Waals surface area contributed by atoms with Gasteiger partial charge in [-0.15, -0.1) is 0 Å². The second kappa shape index (κ2) is 5.84. The molecule has 1 atom stereocenters. The van der Waals surface area contributed by atoms with Gasteiger partial charge < -0.3 is 4.90 Å². The molecule has 124 valence electrons. The molecule has 1 aliphatic heterocycles. The molecular weight excluding hydrogens is 311 g/mol. The summed E-state index contributed by atoms with van der Waals surface area (Å²) in [6.07, 6.45) is -4.82. The molecular formula is C15H16F3N3O2. The zero-order valence-electron chi connectivity index (χ0n) is 12.4. The lowest BCUT2D eigenvalue weighted by Crippen LogP contribution is -2.29. The first kappa shape index (κ1) is 15.8. The van der Waals surface area contributed by atoms with Crippen molar-refractivity contribution in [2.24, 2.45) is 10.9 Å². The highest BCUT2D eigenvalue weighted by Crippen LogP contribution is 2.31. The number of rotatable bonds is 4. The normalized spacial score (nSPS) is 20.9. The third-order valence-corrected chi connectivity index (χ3v) is 3.74. The van der Waals surface area contributed by atoms with Crippen LogP contribution < -0.4 is 5.48 Å². The summed E-state index contributed by atoms with van der Waals surface area (Å²) in [5, 5.41) is 0. The summed E-state index contributed by atoms with van der Waals surface area (Å²) in [5.74, 6) is 0.339. The van der Waals surface area contributed by atoms with E-state index in [0.29, 0.717) is 12.1 Å². The van der Waals surface area contributed by atoms with Crippen LogP contribution in [0.3, 0.4) is 0 Å². The quantitative estimate of drug-likeness (QED) is 0.923. The zero-order chi connectivity index (χ0) is 16.6. The number of amides is 1. The van der Waals surface area contributed by atoms with Crippen LogP contribution in [0.2, 0.25) is 0 Å². The maximum atomic E-state index is 12.5. The van der Waals surface area contributed by atoms with E-state index in [1.165, 1.54) is 0 Å². The van der Waals surface area contributed by atoms with Crippen molar-refractivity contribution in [1.82, 2.24) is 10.4 Å². The number of amidine groups is 1. The lowest BCUT2D eigenvalue weighted by Gasteiger charge is -2.17. The second-order valence-corrected chi connectivity index (χ2v) is 5.76. The van der Waals surface area contributed by atoms with Gasteiger partial charge in [-0.2, -0.15) is 13.2 Å². The molecule has 1 heterocycles. The second-order valence-electron chi connectivity index (χ2n) is 5.76. The molecule has 1 amide bonds. The predicted molar refractivity (Wildman–Crippen MR) is 76.2 cm³/mol. The monoisotopic (exact) mass is 327 g/mol. The van der Waals surface area contributed by atoms with Crippen LogP contribution in [0.15, 0.2) is 29.3 Å². The van der Waals surface area contributed by atoms with Crippen LogP contribution in [0.4, 0.5) is 13.2 Å². The van der Waals surface area contributed by atoms with Gasteiger partial charge in [-0.05, 0) is 18.4 Å². The summed E-state index contributed by atoms with van der Waals surface area (Å²) >= 11 is 0. The Morgan fingerprint density at radius 3 is 2.52 bits per heavy atom. The van der Waals surface area contributed by atoms with E-state index in [4.69, 9.17) is 0 Å². The molecule has 0 radical (unpaired) electrons. The average molecular weight is 327 g/mol. The number of nitrogens with zero attached hydrogens (tertiary/aromatic N) is 2. The lowest BCUT2D eigenvalue weighted by atomic mass is 10.1. The summed E-state index contributed by atoms with van der Waals surface area (Å²) in [7, 11) is 1.75. The van der Waals surface area contributed by atoms with Crippen LogP contribution in [0.1, 0.15) is 24.0 Å². The fraction of sp³-hybridized carbons (Fsp3) is 0.467. The van der Waals surface area contributed by atoms with E-state index >= 15 is 0 Å². The molecule has 1 aliphatic carbocycles. The van der Waals surface area contributed by atoms with E-state index in [1.54, 1.807) is 36.2 Å². The van der Waals surface area contributed by atoms with E-state index in [1.807, 2.05) is 0 Å². The van der Waals surface area contributed by atoms with Crippen molar-refractivity contribution in [1.29, 1.82) is 0 Å². The first-order valence-electron chi connectivity index (χ1n) is 7.25. The molecule has 1 unspecified atom stereocenters. The fourth-order valence-corrected chi connectivity index (χ4v) is 2.32. The molecule has 5 nitrogen and oxygen atoms in total. The van der Waals surface area contributed by atoms with Crippen molar-refractivity contribution in [3.63, 3.8) is 0 Å². The topological polar surface area (TPSA) is 53.9 Å². The van der Waals surface area contributed by atoms with Gasteiger partial charge >= 0.3 is 6.18 Å². The third-order valence-electron chi connectivity index (χ3n) is 3.74. The number of nitrogens with one attached hydrogen (secondary N) is 1. The summed E-state index contributed by atoms with van der Waals surface area (Å²) in [4.78, 5) is 21.4. The highest BCUT2D eigenvalue weighted by molar-refractivity contribution is 5.98. The van der Waals surface area contributed by atoms with Crippen LogP contribution in [0, 0.1) is 5.92 Å². The number of halogens is 3. The Kier molecular flexibility index (Phi) is 4.01. The summed E-state index contributed by atoms with van der Waals surface area (Å²) in [6, 6.07) is 6.83. The van der Waals surface area contributed by atoms with E-state index in [2.05, 4.69) is 15.3 Å². The molecule has 1 N–H and O–H groups in total. The molecule has 1 fully saturated rings. The Morgan fingerprint density at radius 2 is 2.00 bits per heavy atom. The zero-order valence-corrected chi connectivity index (χ0v) is 12.4. The molecule has 1 aromatic rings. The largest absolute Gasteiger partial charge is 0.437 e. The van der Waals surface area contributed by atoms with E-state index < -0.39 is 12.4 Å². The van der Waals surface area contributed by atoms with Gasteiger partial charge in [0, 0.05) is 25.1 Å². The Labute approximate surface area is 131 Å². The molecule has 23 heavy (non-hydrogen) atoms. The van der Waals surface area contributed by atoms with Gasteiger partial charge in [0.1, 0.15) is 0 Å². The number of hydrogen-bond acceptors (Lipinski definition) is 4. The van der Waals surface area contributed by atoms with Crippen LogP contribution in [-0.2, 0) is 16.2 Å². The van der Waals surface area contributed by atoms with Gasteiger partial charge in [-0.25, -0.2) is 15.3 Å². The minimum Gasteiger partial charge on any atom is -0.341 e. The molecule has 8 heteroatoms. The van der Waals surface area contributed by atoms with Crippen molar-refractivity contribution in [2.75, 3.05) is 7.05 Å². The van der Waals surface area contributed by atoms with Crippen molar-refractivity contribution in [2.45, 2.75) is 31.8 Å². The molecule has 3 rings (SSSR count). The Morgan fingerprint density at radius 1 is 1.35 bits per heavy atom. The molecule has 2 aliphatic rings. The van der Waals surface area contributed by atoms with Gasteiger partial charge in [0.15, 0.2) is 5.84 Å². The highest BCUT2D eigenvalue weighted by atomic mass is 19.4. The van der Waals surface area contributed by atoms with Crippen molar-refractivity contribution < 1.29 is 22.8 Å². The minimum absolute atomic E-state index is 0.0429. The number of hydroxylamine groups is 1. The Hall–Kier alpha value is -2.09. The van der Waals surface area contributed by atoms with Gasteiger partial charge in [-0.1, -0.05) is 24.3 Å². The van der Waals surface area contributed by atoms with E-state index in [9.17, 15) is 18.0 Å². The molecule has 0 bridgehead atoms. The lowest BCUT2D eigenvalue weighted by molar-refractivity contribution is -0.220. The molecule has 1 saturated carbocycles. The smallest absolute Gasteiger partial charge is 0.341 e. The molecule has 0 aromatic heterocycles. The number of benzene rings is 1.